The van der Waals surface area contributed by atoms with Crippen molar-refractivity contribution >= 4 is 39.1 Å². The SMILES string of the molecule is O=C(Nc1ccccc1CCl)c1ccc(F)c(Br)c1. The van der Waals surface area contributed by atoms with Crippen LogP contribution in [0.4, 0.5) is 10.1 Å². The first-order chi connectivity index (χ1) is 9.11. The van der Waals surface area contributed by atoms with Crippen LogP contribution in [0.3, 0.4) is 0 Å². The summed E-state index contributed by atoms with van der Waals surface area (Å²) in [5.74, 6) is -0.403. The third-order valence-corrected chi connectivity index (χ3v) is 3.49. The Labute approximate surface area is 123 Å². The molecule has 0 aliphatic heterocycles. The smallest absolute Gasteiger partial charge is 0.255 e. The molecule has 1 N–H and O–H groups in total. The van der Waals surface area contributed by atoms with Crippen LogP contribution in [0.15, 0.2) is 46.9 Å². The van der Waals surface area contributed by atoms with Crippen molar-refractivity contribution in [2.45, 2.75) is 5.88 Å². The van der Waals surface area contributed by atoms with Crippen LogP contribution in [0.25, 0.3) is 0 Å². The molecule has 0 saturated carbocycles. The first-order valence-electron chi connectivity index (χ1n) is 5.52. The molecule has 0 heterocycles. The highest BCUT2D eigenvalue weighted by Crippen LogP contribution is 2.20. The molecule has 0 saturated heterocycles. The van der Waals surface area contributed by atoms with Gasteiger partial charge in [0, 0.05) is 17.1 Å². The van der Waals surface area contributed by atoms with Crippen molar-refractivity contribution in [3.63, 3.8) is 0 Å². The van der Waals surface area contributed by atoms with Gasteiger partial charge in [-0.2, -0.15) is 0 Å². The van der Waals surface area contributed by atoms with Gasteiger partial charge in [0.2, 0.25) is 0 Å². The fourth-order valence-electron chi connectivity index (χ4n) is 1.59. The Morgan fingerprint density at radius 2 is 2.00 bits per heavy atom. The molecule has 0 bridgehead atoms. The zero-order chi connectivity index (χ0) is 13.8. The highest BCUT2D eigenvalue weighted by Gasteiger charge is 2.10. The maximum Gasteiger partial charge on any atom is 0.255 e. The van der Waals surface area contributed by atoms with Gasteiger partial charge < -0.3 is 5.32 Å². The molecule has 2 aromatic rings. The lowest BCUT2D eigenvalue weighted by Gasteiger charge is -2.09. The van der Waals surface area contributed by atoms with Crippen molar-refractivity contribution in [1.29, 1.82) is 0 Å². The lowest BCUT2D eigenvalue weighted by atomic mass is 10.1. The van der Waals surface area contributed by atoms with Crippen LogP contribution >= 0.6 is 27.5 Å². The van der Waals surface area contributed by atoms with Crippen molar-refractivity contribution in [3.8, 4) is 0 Å². The van der Waals surface area contributed by atoms with E-state index < -0.39 is 5.82 Å². The average molecular weight is 343 g/mol. The molecule has 98 valence electrons. The molecule has 0 aromatic heterocycles. The quantitative estimate of drug-likeness (QED) is 0.813. The molecule has 0 aliphatic rings. The predicted molar refractivity (Wildman–Crippen MR) is 78.1 cm³/mol. The number of para-hydroxylation sites is 1. The monoisotopic (exact) mass is 341 g/mol. The van der Waals surface area contributed by atoms with Gasteiger partial charge in [-0.05, 0) is 45.8 Å². The largest absolute Gasteiger partial charge is 0.322 e. The summed E-state index contributed by atoms with van der Waals surface area (Å²) < 4.78 is 13.4. The van der Waals surface area contributed by atoms with Crippen molar-refractivity contribution in [1.82, 2.24) is 0 Å². The molecule has 2 nitrogen and oxygen atoms in total. The summed E-state index contributed by atoms with van der Waals surface area (Å²) in [7, 11) is 0. The summed E-state index contributed by atoms with van der Waals surface area (Å²) in [6.07, 6.45) is 0. The molecule has 0 unspecified atom stereocenters. The Morgan fingerprint density at radius 1 is 1.26 bits per heavy atom. The number of rotatable bonds is 3. The zero-order valence-electron chi connectivity index (χ0n) is 9.79. The Balaban J connectivity index is 2.23. The number of carbonyl (C=O) groups excluding carboxylic acids is 1. The predicted octanol–water partition coefficient (Wildman–Crippen LogP) is 4.58. The number of amides is 1. The van der Waals surface area contributed by atoms with E-state index in [1.807, 2.05) is 18.2 Å². The Morgan fingerprint density at radius 3 is 2.68 bits per heavy atom. The van der Waals surface area contributed by atoms with Crippen LogP contribution in [-0.4, -0.2) is 5.91 Å². The number of benzene rings is 2. The fraction of sp³-hybridized carbons (Fsp3) is 0.0714. The Hall–Kier alpha value is -1.39. The third kappa shape index (κ3) is 3.33. The molecular weight excluding hydrogens is 333 g/mol. The van der Waals surface area contributed by atoms with E-state index in [0.717, 1.165) is 5.56 Å². The first kappa shape index (κ1) is 14.0. The van der Waals surface area contributed by atoms with Gasteiger partial charge in [-0.15, -0.1) is 11.6 Å². The normalized spacial score (nSPS) is 10.3. The second-order valence-corrected chi connectivity index (χ2v) is 5.00. The van der Waals surface area contributed by atoms with Crippen LogP contribution in [0.2, 0.25) is 0 Å². The van der Waals surface area contributed by atoms with E-state index in [-0.39, 0.29) is 10.4 Å². The van der Waals surface area contributed by atoms with E-state index in [9.17, 15) is 9.18 Å². The second-order valence-electron chi connectivity index (χ2n) is 3.87. The lowest BCUT2D eigenvalue weighted by Crippen LogP contribution is -2.13. The highest BCUT2D eigenvalue weighted by atomic mass is 79.9. The van der Waals surface area contributed by atoms with E-state index in [1.54, 1.807) is 6.07 Å². The molecule has 1 amide bonds. The topological polar surface area (TPSA) is 29.1 Å². The van der Waals surface area contributed by atoms with Gasteiger partial charge in [0.15, 0.2) is 0 Å². The van der Waals surface area contributed by atoms with E-state index in [2.05, 4.69) is 21.2 Å². The summed E-state index contributed by atoms with van der Waals surface area (Å²) in [6, 6.07) is 11.4. The first-order valence-corrected chi connectivity index (χ1v) is 6.85. The maximum absolute atomic E-state index is 13.1. The number of alkyl halides is 1. The molecule has 5 heteroatoms. The minimum atomic E-state index is -0.405. The number of hydrogen-bond acceptors (Lipinski definition) is 1. The average Bonchev–Trinajstić information content (AvgIpc) is 2.42. The van der Waals surface area contributed by atoms with Gasteiger partial charge in [-0.1, -0.05) is 18.2 Å². The van der Waals surface area contributed by atoms with Crippen LogP contribution < -0.4 is 5.32 Å². The summed E-state index contributed by atoms with van der Waals surface area (Å²) in [6.45, 7) is 0. The fourth-order valence-corrected chi connectivity index (χ4v) is 2.20. The van der Waals surface area contributed by atoms with Crippen molar-refractivity contribution in [2.24, 2.45) is 0 Å². The van der Waals surface area contributed by atoms with Crippen molar-refractivity contribution in [2.75, 3.05) is 5.32 Å². The molecule has 19 heavy (non-hydrogen) atoms. The number of hydrogen-bond donors (Lipinski definition) is 1. The summed E-state index contributed by atoms with van der Waals surface area (Å²) >= 11 is 8.85. The van der Waals surface area contributed by atoms with Gasteiger partial charge in [-0.3, -0.25) is 4.79 Å². The molecule has 0 spiro atoms. The van der Waals surface area contributed by atoms with Crippen LogP contribution in [0, 0.1) is 5.82 Å². The van der Waals surface area contributed by atoms with E-state index in [0.29, 0.717) is 17.1 Å². The van der Waals surface area contributed by atoms with E-state index in [1.165, 1.54) is 18.2 Å². The van der Waals surface area contributed by atoms with Crippen LogP contribution in [-0.2, 0) is 5.88 Å². The number of nitrogens with one attached hydrogen (secondary N) is 1. The summed E-state index contributed by atoms with van der Waals surface area (Å²) in [4.78, 5) is 12.0. The zero-order valence-corrected chi connectivity index (χ0v) is 12.1. The third-order valence-electron chi connectivity index (χ3n) is 2.59. The number of carbonyl (C=O) groups is 1. The molecule has 0 atom stereocenters. The highest BCUT2D eigenvalue weighted by molar-refractivity contribution is 9.10. The van der Waals surface area contributed by atoms with Crippen LogP contribution in [0.5, 0.6) is 0 Å². The number of halogens is 3. The molecular formula is C14H10BrClFNO. The minimum Gasteiger partial charge on any atom is -0.322 e. The van der Waals surface area contributed by atoms with Crippen molar-refractivity contribution in [3.05, 3.63) is 63.9 Å². The van der Waals surface area contributed by atoms with E-state index in [4.69, 9.17) is 11.6 Å². The molecule has 0 fully saturated rings. The standard InChI is InChI=1S/C14H10BrClFNO/c15-11-7-9(5-6-12(11)17)14(19)18-13-4-2-1-3-10(13)8-16/h1-7H,8H2,(H,18,19). The number of anilines is 1. The minimum absolute atomic E-state index is 0.255. The Kier molecular flexibility index (Phi) is 4.56. The molecule has 2 aromatic carbocycles. The van der Waals surface area contributed by atoms with Crippen LogP contribution in [0.1, 0.15) is 15.9 Å². The van der Waals surface area contributed by atoms with Gasteiger partial charge in [-0.25, -0.2) is 4.39 Å². The van der Waals surface area contributed by atoms with Gasteiger partial charge in [0.25, 0.3) is 5.91 Å². The van der Waals surface area contributed by atoms with Gasteiger partial charge in [0.05, 0.1) is 4.47 Å². The van der Waals surface area contributed by atoms with Crippen molar-refractivity contribution < 1.29 is 9.18 Å². The van der Waals surface area contributed by atoms with Gasteiger partial charge in [0.1, 0.15) is 5.82 Å². The van der Waals surface area contributed by atoms with E-state index >= 15 is 0 Å². The lowest BCUT2D eigenvalue weighted by molar-refractivity contribution is 0.102. The molecule has 2 rings (SSSR count). The summed E-state index contributed by atoms with van der Waals surface area (Å²) in [5.41, 5.74) is 1.86. The molecule has 0 radical (unpaired) electrons. The summed E-state index contributed by atoms with van der Waals surface area (Å²) in [5, 5.41) is 2.76. The molecule has 0 aliphatic carbocycles. The second kappa shape index (κ2) is 6.17. The van der Waals surface area contributed by atoms with Gasteiger partial charge >= 0.3 is 0 Å². The maximum atomic E-state index is 13.1. The Bertz CT molecular complexity index is 618.